The van der Waals surface area contributed by atoms with Crippen LogP contribution in [0.5, 0.6) is 11.5 Å². The number of hydrogen-bond acceptors (Lipinski definition) is 2. The van der Waals surface area contributed by atoms with E-state index in [1.165, 1.54) is 72.2 Å². The van der Waals surface area contributed by atoms with Gasteiger partial charge in [0.25, 0.3) is 0 Å². The Hall–Kier alpha value is -7.03. The molecule has 4 aliphatic carbocycles. The SMILES string of the molecule is C1=CC2C3=C(CCC=C3)c3ccc(-c4ccc(-c5nc6ccccc6c6cc7c(cc56)-c5ccccc5C75c6ccccc6Oc6ccccc65)cc4)cc3C2C=C1. The van der Waals surface area contributed by atoms with Crippen molar-refractivity contribution in [2.45, 2.75) is 24.2 Å². The molecule has 2 nitrogen and oxygen atoms in total. The fourth-order valence-electron chi connectivity index (χ4n) is 11.1. The highest BCUT2D eigenvalue weighted by molar-refractivity contribution is 6.13. The first-order valence-electron chi connectivity index (χ1n) is 20.6. The summed E-state index contributed by atoms with van der Waals surface area (Å²) in [5, 5.41) is 3.53. The summed E-state index contributed by atoms with van der Waals surface area (Å²) >= 11 is 0. The van der Waals surface area contributed by atoms with Crippen molar-refractivity contribution in [3.05, 3.63) is 227 Å². The van der Waals surface area contributed by atoms with Crippen LogP contribution in [0.25, 0.3) is 60.8 Å². The molecule has 0 fully saturated rings. The van der Waals surface area contributed by atoms with E-state index < -0.39 is 5.41 Å². The number of aromatic nitrogens is 1. The van der Waals surface area contributed by atoms with E-state index in [1.54, 1.807) is 0 Å². The van der Waals surface area contributed by atoms with Gasteiger partial charge in [0, 0.05) is 39.3 Å². The third kappa shape index (κ3) is 4.30. The van der Waals surface area contributed by atoms with Crippen molar-refractivity contribution in [1.82, 2.24) is 4.98 Å². The van der Waals surface area contributed by atoms with Gasteiger partial charge in [0.2, 0.25) is 0 Å². The minimum atomic E-state index is -0.526. The van der Waals surface area contributed by atoms with Crippen LogP contribution in [0.4, 0.5) is 0 Å². The Balaban J connectivity index is 0.996. The van der Waals surface area contributed by atoms with Gasteiger partial charge in [-0.1, -0.05) is 152 Å². The molecular formula is C56H37NO. The molecule has 1 spiro atoms. The van der Waals surface area contributed by atoms with E-state index >= 15 is 0 Å². The zero-order valence-electron chi connectivity index (χ0n) is 31.8. The van der Waals surface area contributed by atoms with E-state index in [1.807, 2.05) is 0 Å². The third-order valence-corrected chi connectivity index (χ3v) is 13.6. The van der Waals surface area contributed by atoms with Gasteiger partial charge in [-0.05, 0) is 110 Å². The molecule has 0 N–H and O–H groups in total. The molecule has 13 rings (SSSR count). The van der Waals surface area contributed by atoms with E-state index in [-0.39, 0.29) is 0 Å². The smallest absolute Gasteiger partial charge is 0.132 e. The number of rotatable bonds is 2. The van der Waals surface area contributed by atoms with Crippen LogP contribution in [-0.4, -0.2) is 4.98 Å². The maximum absolute atomic E-state index is 6.62. The molecule has 272 valence electrons. The van der Waals surface area contributed by atoms with Crippen molar-refractivity contribution < 1.29 is 4.74 Å². The summed E-state index contributed by atoms with van der Waals surface area (Å²) in [6.07, 6.45) is 16.2. The average Bonchev–Trinajstić information content (AvgIpc) is 3.57. The molecule has 2 unspecified atom stereocenters. The largest absolute Gasteiger partial charge is 0.457 e. The van der Waals surface area contributed by atoms with Gasteiger partial charge in [0.15, 0.2) is 0 Å². The maximum Gasteiger partial charge on any atom is 0.132 e. The van der Waals surface area contributed by atoms with Crippen molar-refractivity contribution in [1.29, 1.82) is 0 Å². The zero-order valence-corrected chi connectivity index (χ0v) is 31.8. The number of benzene rings is 7. The fraction of sp³-hybridized carbons (Fsp3) is 0.0893. The van der Waals surface area contributed by atoms with Crippen molar-refractivity contribution >= 4 is 27.2 Å². The molecule has 0 amide bonds. The van der Waals surface area contributed by atoms with Gasteiger partial charge < -0.3 is 4.74 Å². The summed E-state index contributed by atoms with van der Waals surface area (Å²) in [6, 6.07) is 56.0. The number of allylic oxidation sites excluding steroid dienone is 8. The lowest BCUT2D eigenvalue weighted by molar-refractivity contribution is 0.436. The molecule has 2 heteroatoms. The lowest BCUT2D eigenvalue weighted by atomic mass is 9.66. The molecule has 58 heavy (non-hydrogen) atoms. The van der Waals surface area contributed by atoms with Crippen molar-refractivity contribution in [3.8, 4) is 45.0 Å². The highest BCUT2D eigenvalue weighted by Gasteiger charge is 2.51. The fourth-order valence-corrected chi connectivity index (χ4v) is 11.1. The second-order valence-electron chi connectivity index (χ2n) is 16.4. The first-order valence-corrected chi connectivity index (χ1v) is 20.6. The summed E-state index contributed by atoms with van der Waals surface area (Å²) in [7, 11) is 0. The Bertz CT molecular complexity index is 3170. The first kappa shape index (κ1) is 32.1. The zero-order chi connectivity index (χ0) is 38.0. The molecule has 0 saturated carbocycles. The first-order chi connectivity index (χ1) is 28.8. The monoisotopic (exact) mass is 739 g/mol. The van der Waals surface area contributed by atoms with E-state index in [2.05, 4.69) is 188 Å². The molecule has 0 bridgehead atoms. The molecule has 0 radical (unpaired) electrons. The number of hydrogen-bond donors (Lipinski definition) is 0. The summed E-state index contributed by atoms with van der Waals surface area (Å²) in [5.74, 6) is 2.59. The van der Waals surface area contributed by atoms with Crippen LogP contribution in [0.3, 0.4) is 0 Å². The summed E-state index contributed by atoms with van der Waals surface area (Å²) in [5.41, 5.74) is 18.4. The Morgan fingerprint density at radius 3 is 2.03 bits per heavy atom. The van der Waals surface area contributed by atoms with E-state index in [9.17, 15) is 0 Å². The van der Waals surface area contributed by atoms with Gasteiger partial charge in [-0.3, -0.25) is 0 Å². The minimum Gasteiger partial charge on any atom is -0.457 e. The Morgan fingerprint density at radius 2 is 1.21 bits per heavy atom. The Labute approximate surface area is 337 Å². The van der Waals surface area contributed by atoms with Crippen LogP contribution >= 0.6 is 0 Å². The molecule has 7 aromatic carbocycles. The molecule has 2 atom stereocenters. The van der Waals surface area contributed by atoms with E-state index in [0.717, 1.165) is 51.9 Å². The topological polar surface area (TPSA) is 22.1 Å². The molecule has 8 aromatic rings. The van der Waals surface area contributed by atoms with Gasteiger partial charge in [-0.25, -0.2) is 4.98 Å². The predicted molar refractivity (Wildman–Crippen MR) is 237 cm³/mol. The van der Waals surface area contributed by atoms with Crippen LogP contribution < -0.4 is 4.74 Å². The van der Waals surface area contributed by atoms with Crippen LogP contribution in [0.2, 0.25) is 0 Å². The average molecular weight is 740 g/mol. The molecule has 1 aromatic heterocycles. The van der Waals surface area contributed by atoms with Gasteiger partial charge in [-0.2, -0.15) is 0 Å². The summed E-state index contributed by atoms with van der Waals surface area (Å²) < 4.78 is 6.62. The number of ether oxygens (including phenoxy) is 1. The predicted octanol–water partition coefficient (Wildman–Crippen LogP) is 14.1. The van der Waals surface area contributed by atoms with Gasteiger partial charge in [-0.15, -0.1) is 0 Å². The Kier molecular flexibility index (Phi) is 6.64. The molecule has 1 aliphatic heterocycles. The standard InChI is InChI=1S/C56H37NO/c1-2-15-39-37(13-1)38-14-3-4-16-40(38)44-31-36(29-30-41(39)44)34-25-27-35(28-26-34)55-47-32-46-42-17-5-7-19-48(42)56(51(46)33-45(47)43-18-6-10-22-52(43)57-55)49-20-8-11-23-53(49)58-54-24-12-9-21-50(54)56/h1,3-14,16-33,38,40H,2,15H2. The van der Waals surface area contributed by atoms with Gasteiger partial charge >= 0.3 is 0 Å². The molecule has 0 saturated heterocycles. The number of pyridine rings is 1. The minimum absolute atomic E-state index is 0.364. The quantitative estimate of drug-likeness (QED) is 0.165. The van der Waals surface area contributed by atoms with Crippen molar-refractivity contribution in [3.63, 3.8) is 0 Å². The normalized spacial score (nSPS) is 18.6. The Morgan fingerprint density at radius 1 is 0.517 bits per heavy atom. The van der Waals surface area contributed by atoms with Crippen LogP contribution in [0.15, 0.2) is 194 Å². The van der Waals surface area contributed by atoms with Crippen molar-refractivity contribution in [2.75, 3.05) is 0 Å². The lowest BCUT2D eigenvalue weighted by Gasteiger charge is -2.39. The van der Waals surface area contributed by atoms with Crippen LogP contribution in [-0.2, 0) is 5.41 Å². The summed E-state index contributed by atoms with van der Waals surface area (Å²) in [6.45, 7) is 0. The third-order valence-electron chi connectivity index (χ3n) is 13.6. The summed E-state index contributed by atoms with van der Waals surface area (Å²) in [4.78, 5) is 5.43. The molecule has 5 aliphatic rings. The highest BCUT2D eigenvalue weighted by atomic mass is 16.5. The van der Waals surface area contributed by atoms with E-state index in [0.29, 0.717) is 11.8 Å². The second-order valence-corrected chi connectivity index (χ2v) is 16.4. The second kappa shape index (κ2) is 12.0. The highest BCUT2D eigenvalue weighted by Crippen LogP contribution is 2.63. The van der Waals surface area contributed by atoms with E-state index in [4.69, 9.17) is 9.72 Å². The number of nitrogens with zero attached hydrogens (tertiary/aromatic N) is 1. The number of para-hydroxylation sites is 3. The maximum atomic E-state index is 6.62. The van der Waals surface area contributed by atoms with Crippen LogP contribution in [0.1, 0.15) is 52.1 Å². The molecule has 2 heterocycles. The van der Waals surface area contributed by atoms with Crippen molar-refractivity contribution in [2.24, 2.45) is 5.92 Å². The molecular weight excluding hydrogens is 703 g/mol. The van der Waals surface area contributed by atoms with Gasteiger partial charge in [0.05, 0.1) is 16.6 Å². The number of fused-ring (bicyclic) bond motifs is 17. The lowest BCUT2D eigenvalue weighted by Crippen LogP contribution is -2.32. The van der Waals surface area contributed by atoms with Crippen LogP contribution in [0, 0.1) is 5.92 Å². The van der Waals surface area contributed by atoms with Gasteiger partial charge in [0.1, 0.15) is 11.5 Å².